The molecule has 120 valence electrons. The summed E-state index contributed by atoms with van der Waals surface area (Å²) in [5.41, 5.74) is 2.68. The van der Waals surface area contributed by atoms with Gasteiger partial charge in [0.2, 0.25) is 0 Å². The highest BCUT2D eigenvalue weighted by molar-refractivity contribution is 6.18. The molecule has 0 saturated heterocycles. The van der Waals surface area contributed by atoms with Gasteiger partial charge in [0.25, 0.3) is 0 Å². The van der Waals surface area contributed by atoms with Crippen molar-refractivity contribution in [3.63, 3.8) is 0 Å². The molecule has 22 heavy (non-hydrogen) atoms. The van der Waals surface area contributed by atoms with Crippen molar-refractivity contribution in [3.8, 4) is 0 Å². The number of aryl methyl sites for hydroxylation is 1. The number of hydrogen-bond acceptors (Lipinski definition) is 2. The Balaban J connectivity index is 1.57. The Kier molecular flexibility index (Phi) is 8.14. The van der Waals surface area contributed by atoms with Crippen LogP contribution in [0.3, 0.4) is 0 Å². The van der Waals surface area contributed by atoms with Gasteiger partial charge >= 0.3 is 0 Å². The third-order valence-electron chi connectivity index (χ3n) is 3.92. The molecule has 0 unspecified atom stereocenters. The molecule has 1 aromatic heterocycles. The number of rotatable bonds is 11. The average Bonchev–Trinajstić information content (AvgIpc) is 3.05. The average molecular weight is 320 g/mol. The molecule has 0 fully saturated rings. The zero-order valence-corrected chi connectivity index (χ0v) is 14.0. The summed E-state index contributed by atoms with van der Waals surface area (Å²) in [4.78, 5) is 2.41. The quantitative estimate of drug-likeness (QED) is 0.422. The van der Waals surface area contributed by atoms with Crippen molar-refractivity contribution in [1.82, 2.24) is 4.90 Å². The lowest BCUT2D eigenvalue weighted by Gasteiger charge is -2.20. The summed E-state index contributed by atoms with van der Waals surface area (Å²) in [6.45, 7) is 2.99. The van der Waals surface area contributed by atoms with E-state index in [4.69, 9.17) is 16.0 Å². The topological polar surface area (TPSA) is 16.4 Å². The fraction of sp³-hybridized carbons (Fsp3) is 0.474. The summed E-state index contributed by atoms with van der Waals surface area (Å²) in [7, 11) is 0. The van der Waals surface area contributed by atoms with Crippen LogP contribution < -0.4 is 0 Å². The molecule has 0 aliphatic heterocycles. The molecule has 2 nitrogen and oxygen atoms in total. The van der Waals surface area contributed by atoms with Crippen molar-refractivity contribution in [1.29, 1.82) is 0 Å². The highest BCUT2D eigenvalue weighted by Gasteiger charge is 2.06. The molecular formula is C19H26ClNO. The smallest absolute Gasteiger partial charge is 0.0947 e. The molecule has 0 aliphatic carbocycles. The van der Waals surface area contributed by atoms with Crippen LogP contribution in [0.5, 0.6) is 0 Å². The van der Waals surface area contributed by atoms with Crippen LogP contribution in [0, 0.1) is 0 Å². The van der Waals surface area contributed by atoms with Crippen molar-refractivity contribution in [3.05, 3.63) is 60.1 Å². The van der Waals surface area contributed by atoms with Crippen LogP contribution in [0.25, 0.3) is 0 Å². The zero-order valence-electron chi connectivity index (χ0n) is 13.2. The zero-order chi connectivity index (χ0) is 15.5. The van der Waals surface area contributed by atoms with Gasteiger partial charge in [-0.3, -0.25) is 4.90 Å². The van der Waals surface area contributed by atoms with E-state index in [0.29, 0.717) is 5.88 Å². The van der Waals surface area contributed by atoms with Gasteiger partial charge in [0, 0.05) is 24.5 Å². The van der Waals surface area contributed by atoms with Gasteiger partial charge in [-0.05, 0) is 37.4 Å². The van der Waals surface area contributed by atoms with Crippen LogP contribution in [0.4, 0.5) is 0 Å². The van der Waals surface area contributed by atoms with Crippen molar-refractivity contribution < 1.29 is 4.42 Å². The van der Waals surface area contributed by atoms with Gasteiger partial charge in [-0.1, -0.05) is 43.2 Å². The van der Waals surface area contributed by atoms with Gasteiger partial charge in [0.1, 0.15) is 0 Å². The summed E-state index contributed by atoms with van der Waals surface area (Å²) in [5, 5.41) is 0. The normalized spacial score (nSPS) is 11.2. The van der Waals surface area contributed by atoms with E-state index < -0.39 is 0 Å². The van der Waals surface area contributed by atoms with Crippen LogP contribution >= 0.6 is 11.6 Å². The van der Waals surface area contributed by atoms with Crippen LogP contribution in [0.15, 0.2) is 53.3 Å². The number of furan rings is 1. The predicted molar refractivity (Wildman–Crippen MR) is 93.3 cm³/mol. The van der Waals surface area contributed by atoms with Crippen molar-refractivity contribution in [2.24, 2.45) is 0 Å². The van der Waals surface area contributed by atoms with Crippen molar-refractivity contribution in [2.45, 2.75) is 38.6 Å². The van der Waals surface area contributed by atoms with Crippen LogP contribution in [-0.2, 0) is 13.0 Å². The molecule has 0 saturated carbocycles. The molecule has 1 aromatic carbocycles. The summed E-state index contributed by atoms with van der Waals surface area (Å²) in [6.07, 6.45) is 9.86. The second kappa shape index (κ2) is 10.5. The Morgan fingerprint density at radius 1 is 0.864 bits per heavy atom. The molecule has 0 spiro atoms. The lowest BCUT2D eigenvalue weighted by atomic mass is 10.1. The maximum atomic E-state index is 5.90. The Hall–Kier alpha value is -1.25. The van der Waals surface area contributed by atoms with Gasteiger partial charge in [-0.15, -0.1) is 11.6 Å². The standard InChI is InChI=1S/C19H26ClNO/c20-12-14-21(16-19-11-15-22-17-19)13-7-2-1-4-8-18-9-5-3-6-10-18/h3,5-6,9-11,15,17H,1-2,4,7-8,12-14,16H2. The SMILES string of the molecule is ClCCN(CCCCCCc1ccccc1)Cc1ccoc1. The number of benzene rings is 1. The molecule has 0 bridgehead atoms. The number of alkyl halides is 1. The first-order valence-electron chi connectivity index (χ1n) is 8.22. The molecule has 1 heterocycles. The van der Waals surface area contributed by atoms with Gasteiger partial charge in [-0.25, -0.2) is 0 Å². The van der Waals surface area contributed by atoms with E-state index in [1.165, 1.54) is 43.2 Å². The molecule has 0 N–H and O–H groups in total. The third-order valence-corrected chi connectivity index (χ3v) is 4.09. The minimum Gasteiger partial charge on any atom is -0.472 e. The van der Waals surface area contributed by atoms with E-state index in [2.05, 4.69) is 35.2 Å². The molecular weight excluding hydrogens is 294 g/mol. The largest absolute Gasteiger partial charge is 0.472 e. The molecule has 2 rings (SSSR count). The first-order valence-corrected chi connectivity index (χ1v) is 8.75. The number of unbranched alkanes of at least 4 members (excludes halogenated alkanes) is 3. The summed E-state index contributed by atoms with van der Waals surface area (Å²) in [5.74, 6) is 0.686. The van der Waals surface area contributed by atoms with Crippen LogP contribution in [0.1, 0.15) is 36.8 Å². The van der Waals surface area contributed by atoms with Crippen LogP contribution in [0.2, 0.25) is 0 Å². The summed E-state index contributed by atoms with van der Waals surface area (Å²) < 4.78 is 5.13. The number of nitrogens with zero attached hydrogens (tertiary/aromatic N) is 1. The molecule has 0 atom stereocenters. The van der Waals surface area contributed by atoms with E-state index in [1.807, 2.05) is 12.3 Å². The molecule has 0 aliphatic rings. The van der Waals surface area contributed by atoms with Crippen LogP contribution in [-0.4, -0.2) is 23.9 Å². The van der Waals surface area contributed by atoms with Crippen molar-refractivity contribution in [2.75, 3.05) is 19.0 Å². The van der Waals surface area contributed by atoms with E-state index in [0.717, 1.165) is 19.6 Å². The maximum Gasteiger partial charge on any atom is 0.0947 e. The van der Waals surface area contributed by atoms with Crippen molar-refractivity contribution >= 4 is 11.6 Å². The summed E-state index contributed by atoms with van der Waals surface area (Å²) >= 11 is 5.90. The Labute approximate surface area is 139 Å². The number of hydrogen-bond donors (Lipinski definition) is 0. The highest BCUT2D eigenvalue weighted by atomic mass is 35.5. The van der Waals surface area contributed by atoms with Gasteiger partial charge in [0.05, 0.1) is 12.5 Å². The van der Waals surface area contributed by atoms with E-state index in [9.17, 15) is 0 Å². The first-order chi connectivity index (χ1) is 10.9. The first kappa shape index (κ1) is 17.1. The number of halogens is 1. The monoisotopic (exact) mass is 319 g/mol. The minimum atomic E-state index is 0.686. The summed E-state index contributed by atoms with van der Waals surface area (Å²) in [6, 6.07) is 12.8. The molecule has 0 radical (unpaired) electrons. The lowest BCUT2D eigenvalue weighted by molar-refractivity contribution is 0.273. The Morgan fingerprint density at radius 3 is 2.41 bits per heavy atom. The maximum absolute atomic E-state index is 5.90. The predicted octanol–water partition coefficient (Wildman–Crippen LogP) is 5.12. The Bertz CT molecular complexity index is 483. The van der Waals surface area contributed by atoms with Gasteiger partial charge in [0.15, 0.2) is 0 Å². The lowest BCUT2D eigenvalue weighted by Crippen LogP contribution is -2.26. The fourth-order valence-electron chi connectivity index (χ4n) is 2.69. The Morgan fingerprint density at radius 2 is 1.68 bits per heavy atom. The third kappa shape index (κ3) is 6.67. The van der Waals surface area contributed by atoms with Gasteiger partial charge in [-0.2, -0.15) is 0 Å². The van der Waals surface area contributed by atoms with E-state index >= 15 is 0 Å². The fourth-order valence-corrected chi connectivity index (χ4v) is 2.93. The molecule has 2 aromatic rings. The second-order valence-corrected chi connectivity index (χ2v) is 6.12. The molecule has 3 heteroatoms. The van der Waals surface area contributed by atoms with E-state index in [-0.39, 0.29) is 0 Å². The second-order valence-electron chi connectivity index (χ2n) is 5.75. The highest BCUT2D eigenvalue weighted by Crippen LogP contribution is 2.10. The molecule has 0 amide bonds. The van der Waals surface area contributed by atoms with Gasteiger partial charge < -0.3 is 4.42 Å². The van der Waals surface area contributed by atoms with E-state index in [1.54, 1.807) is 6.26 Å². The minimum absolute atomic E-state index is 0.686.